The average Bonchev–Trinajstić information content (AvgIpc) is 2.84. The van der Waals surface area contributed by atoms with Crippen LogP contribution < -0.4 is 5.73 Å². The number of nitrogens with zero attached hydrogens (tertiary/aromatic N) is 2. The Morgan fingerprint density at radius 2 is 2.00 bits per heavy atom. The first kappa shape index (κ1) is 14.8. The number of carbonyl (C=O) groups is 1. The maximum absolute atomic E-state index is 12.5. The number of rotatable bonds is 5. The van der Waals surface area contributed by atoms with Crippen LogP contribution in [0, 0.1) is 11.3 Å². The van der Waals surface area contributed by atoms with Crippen molar-refractivity contribution in [3.05, 3.63) is 0 Å². The molecule has 0 aliphatic heterocycles. The molecule has 5 heteroatoms. The van der Waals surface area contributed by atoms with E-state index in [1.54, 1.807) is 11.9 Å². The summed E-state index contributed by atoms with van der Waals surface area (Å²) in [7, 11) is 1.80. The van der Waals surface area contributed by atoms with Gasteiger partial charge in [-0.3, -0.25) is 4.79 Å². The molecule has 1 aliphatic carbocycles. The molecule has 0 saturated heterocycles. The zero-order chi connectivity index (χ0) is 13.8. The van der Waals surface area contributed by atoms with E-state index in [-0.39, 0.29) is 11.7 Å². The molecule has 0 aromatic carbocycles. The highest BCUT2D eigenvalue weighted by molar-refractivity contribution is 6.06. The fraction of sp³-hybridized carbons (Fsp3) is 0.846. The molecule has 1 aliphatic rings. The molecule has 0 heterocycles. The second-order valence-electron chi connectivity index (χ2n) is 5.68. The van der Waals surface area contributed by atoms with Crippen LogP contribution in [0.25, 0.3) is 0 Å². The summed E-state index contributed by atoms with van der Waals surface area (Å²) in [5.41, 5.74) is 5.00. The first-order chi connectivity index (χ1) is 8.44. The van der Waals surface area contributed by atoms with Crippen LogP contribution in [0.3, 0.4) is 0 Å². The summed E-state index contributed by atoms with van der Waals surface area (Å²) in [6.07, 6.45) is 4.26. The van der Waals surface area contributed by atoms with Gasteiger partial charge in [0.15, 0.2) is 5.84 Å². The second kappa shape index (κ2) is 6.07. The molecule has 1 saturated carbocycles. The van der Waals surface area contributed by atoms with Crippen molar-refractivity contribution in [2.75, 3.05) is 13.6 Å². The van der Waals surface area contributed by atoms with Crippen LogP contribution >= 0.6 is 0 Å². The van der Waals surface area contributed by atoms with Crippen molar-refractivity contribution in [1.29, 1.82) is 0 Å². The minimum Gasteiger partial charge on any atom is -0.409 e. The number of hydrogen-bond acceptors (Lipinski definition) is 3. The normalized spacial score (nSPS) is 19.2. The molecular weight excluding hydrogens is 230 g/mol. The van der Waals surface area contributed by atoms with E-state index in [0.717, 1.165) is 25.8 Å². The van der Waals surface area contributed by atoms with Gasteiger partial charge in [-0.05, 0) is 25.2 Å². The Labute approximate surface area is 109 Å². The number of nitrogens with two attached hydrogens (primary N) is 1. The largest absolute Gasteiger partial charge is 0.409 e. The molecule has 1 amide bonds. The molecule has 18 heavy (non-hydrogen) atoms. The third-order valence-electron chi connectivity index (χ3n) is 3.85. The topological polar surface area (TPSA) is 78.9 Å². The van der Waals surface area contributed by atoms with Crippen molar-refractivity contribution >= 4 is 11.7 Å². The van der Waals surface area contributed by atoms with Crippen LogP contribution in [-0.2, 0) is 4.79 Å². The average molecular weight is 255 g/mol. The van der Waals surface area contributed by atoms with Crippen molar-refractivity contribution in [3.63, 3.8) is 0 Å². The van der Waals surface area contributed by atoms with Gasteiger partial charge in [0, 0.05) is 13.6 Å². The van der Waals surface area contributed by atoms with Crippen LogP contribution in [0.15, 0.2) is 5.16 Å². The Balaban J connectivity index is 2.78. The van der Waals surface area contributed by atoms with Gasteiger partial charge >= 0.3 is 0 Å². The lowest BCUT2D eigenvalue weighted by atomic mass is 9.83. The van der Waals surface area contributed by atoms with E-state index >= 15 is 0 Å². The monoisotopic (exact) mass is 255 g/mol. The molecule has 1 fully saturated rings. The Morgan fingerprint density at radius 1 is 1.44 bits per heavy atom. The minimum absolute atomic E-state index is 0.00375. The predicted molar refractivity (Wildman–Crippen MR) is 71.4 cm³/mol. The molecule has 0 spiro atoms. The van der Waals surface area contributed by atoms with Crippen LogP contribution in [0.2, 0.25) is 0 Å². The van der Waals surface area contributed by atoms with Crippen LogP contribution in [0.4, 0.5) is 0 Å². The molecule has 0 bridgehead atoms. The van der Waals surface area contributed by atoms with E-state index in [9.17, 15) is 4.79 Å². The van der Waals surface area contributed by atoms with E-state index in [1.165, 1.54) is 0 Å². The zero-order valence-corrected chi connectivity index (χ0v) is 11.6. The van der Waals surface area contributed by atoms with Crippen LogP contribution in [0.1, 0.15) is 46.0 Å². The Hall–Kier alpha value is -1.26. The van der Waals surface area contributed by atoms with Crippen molar-refractivity contribution in [2.24, 2.45) is 22.2 Å². The predicted octanol–water partition coefficient (Wildman–Crippen LogP) is 1.80. The molecule has 0 unspecified atom stereocenters. The fourth-order valence-electron chi connectivity index (χ4n) is 2.57. The zero-order valence-electron chi connectivity index (χ0n) is 11.6. The van der Waals surface area contributed by atoms with Crippen LogP contribution in [0.5, 0.6) is 0 Å². The smallest absolute Gasteiger partial charge is 0.236 e. The van der Waals surface area contributed by atoms with Gasteiger partial charge in [-0.25, -0.2) is 0 Å². The first-order valence-electron chi connectivity index (χ1n) is 6.67. The maximum Gasteiger partial charge on any atom is 0.236 e. The van der Waals surface area contributed by atoms with Crippen molar-refractivity contribution in [1.82, 2.24) is 4.90 Å². The summed E-state index contributed by atoms with van der Waals surface area (Å²) in [4.78, 5) is 14.3. The Bertz CT molecular complexity index is 320. The highest BCUT2D eigenvalue weighted by Crippen LogP contribution is 2.39. The van der Waals surface area contributed by atoms with E-state index in [2.05, 4.69) is 19.0 Å². The van der Waals surface area contributed by atoms with Gasteiger partial charge in [0.1, 0.15) is 5.41 Å². The lowest BCUT2D eigenvalue weighted by molar-refractivity contribution is -0.137. The van der Waals surface area contributed by atoms with E-state index < -0.39 is 5.41 Å². The molecular formula is C13H25N3O2. The minimum atomic E-state index is -0.763. The van der Waals surface area contributed by atoms with Crippen molar-refractivity contribution in [3.8, 4) is 0 Å². The SMILES string of the molecule is CC(C)CCN(C)C(=O)C1(C(N)=NO)CCCC1. The second-order valence-corrected chi connectivity index (χ2v) is 5.68. The molecule has 104 valence electrons. The third kappa shape index (κ3) is 2.94. The summed E-state index contributed by atoms with van der Waals surface area (Å²) in [6.45, 7) is 4.98. The number of amides is 1. The van der Waals surface area contributed by atoms with Gasteiger partial charge in [0.25, 0.3) is 0 Å². The quantitative estimate of drug-likeness (QED) is 0.340. The fourth-order valence-corrected chi connectivity index (χ4v) is 2.57. The highest BCUT2D eigenvalue weighted by atomic mass is 16.4. The number of oxime groups is 1. The van der Waals surface area contributed by atoms with Crippen molar-refractivity contribution in [2.45, 2.75) is 46.0 Å². The number of carbonyl (C=O) groups excluding carboxylic acids is 1. The van der Waals surface area contributed by atoms with Gasteiger partial charge in [-0.2, -0.15) is 0 Å². The van der Waals surface area contributed by atoms with Gasteiger partial charge in [0.2, 0.25) is 5.91 Å². The lowest BCUT2D eigenvalue weighted by Gasteiger charge is -2.31. The molecule has 0 aromatic rings. The van der Waals surface area contributed by atoms with E-state index in [1.807, 2.05) is 0 Å². The Kier molecular flexibility index (Phi) is 4.99. The summed E-state index contributed by atoms with van der Waals surface area (Å²) in [5, 5.41) is 12.0. The third-order valence-corrected chi connectivity index (χ3v) is 3.85. The van der Waals surface area contributed by atoms with E-state index in [4.69, 9.17) is 10.9 Å². The summed E-state index contributed by atoms with van der Waals surface area (Å²) in [6, 6.07) is 0. The summed E-state index contributed by atoms with van der Waals surface area (Å²) < 4.78 is 0. The number of amidine groups is 1. The molecule has 0 aromatic heterocycles. The Morgan fingerprint density at radius 3 is 2.44 bits per heavy atom. The number of hydrogen-bond donors (Lipinski definition) is 2. The van der Waals surface area contributed by atoms with Crippen LogP contribution in [-0.4, -0.2) is 35.4 Å². The van der Waals surface area contributed by atoms with Gasteiger partial charge in [-0.15, -0.1) is 0 Å². The summed E-state index contributed by atoms with van der Waals surface area (Å²) >= 11 is 0. The molecule has 5 nitrogen and oxygen atoms in total. The first-order valence-corrected chi connectivity index (χ1v) is 6.67. The summed E-state index contributed by atoms with van der Waals surface area (Å²) in [5.74, 6) is 0.626. The van der Waals surface area contributed by atoms with Gasteiger partial charge in [0.05, 0.1) is 0 Å². The standard InChI is InChI=1S/C13H25N3O2/c1-10(2)6-9-16(3)12(17)13(11(14)15-18)7-4-5-8-13/h10,18H,4-9H2,1-3H3,(H2,14,15). The molecule has 0 atom stereocenters. The highest BCUT2D eigenvalue weighted by Gasteiger charge is 2.46. The lowest BCUT2D eigenvalue weighted by Crippen LogP contribution is -2.49. The van der Waals surface area contributed by atoms with Gasteiger partial charge in [-0.1, -0.05) is 31.8 Å². The van der Waals surface area contributed by atoms with Gasteiger partial charge < -0.3 is 15.8 Å². The maximum atomic E-state index is 12.5. The molecule has 1 rings (SSSR count). The van der Waals surface area contributed by atoms with Crippen molar-refractivity contribution < 1.29 is 10.0 Å². The van der Waals surface area contributed by atoms with E-state index in [0.29, 0.717) is 18.8 Å². The molecule has 0 radical (unpaired) electrons. The molecule has 3 N–H and O–H groups in total.